The summed E-state index contributed by atoms with van der Waals surface area (Å²) < 4.78 is 44.7. The molecule has 0 atom stereocenters. The van der Waals surface area contributed by atoms with E-state index in [9.17, 15) is 13.2 Å². The van der Waals surface area contributed by atoms with Gasteiger partial charge in [-0.05, 0) is 29.8 Å². The third-order valence-electron chi connectivity index (χ3n) is 3.27. The van der Waals surface area contributed by atoms with Gasteiger partial charge >= 0.3 is 6.18 Å². The molecule has 0 N–H and O–H groups in total. The van der Waals surface area contributed by atoms with Crippen molar-refractivity contribution in [2.45, 2.75) is 12.8 Å². The minimum absolute atomic E-state index is 0.179. The Labute approximate surface area is 130 Å². The van der Waals surface area contributed by atoms with Crippen molar-refractivity contribution in [1.29, 1.82) is 0 Å². The molecule has 3 aromatic rings. The number of hydrogen-bond acceptors (Lipinski definition) is 2. The van der Waals surface area contributed by atoms with Crippen molar-refractivity contribution >= 4 is 0 Å². The quantitative estimate of drug-likeness (QED) is 0.709. The Hall–Kier alpha value is -2.76. The van der Waals surface area contributed by atoms with Gasteiger partial charge in [-0.3, -0.25) is 0 Å². The van der Waals surface area contributed by atoms with Crippen LogP contribution in [0, 0.1) is 0 Å². The molecule has 3 nitrogen and oxygen atoms in total. The third-order valence-corrected chi connectivity index (χ3v) is 3.27. The normalized spacial score (nSPS) is 11.4. The summed E-state index contributed by atoms with van der Waals surface area (Å²) >= 11 is 0. The molecule has 3 rings (SSSR count). The molecular weight excluding hydrogens is 305 g/mol. The van der Waals surface area contributed by atoms with Crippen LogP contribution in [0.1, 0.15) is 11.1 Å². The average Bonchev–Trinajstić information content (AvgIpc) is 3.02. The fraction of sp³-hybridized carbons (Fsp3) is 0.118. The second-order valence-electron chi connectivity index (χ2n) is 4.94. The van der Waals surface area contributed by atoms with Crippen molar-refractivity contribution in [3.05, 3.63) is 78.1 Å². The van der Waals surface area contributed by atoms with Crippen molar-refractivity contribution in [3.8, 4) is 11.4 Å². The minimum atomic E-state index is -4.32. The van der Waals surface area contributed by atoms with Crippen LogP contribution in [0.3, 0.4) is 0 Å². The molecule has 23 heavy (non-hydrogen) atoms. The average molecular weight is 318 g/mol. The molecule has 0 saturated heterocycles. The molecule has 2 aromatic carbocycles. The molecule has 0 aliphatic heterocycles. The summed E-state index contributed by atoms with van der Waals surface area (Å²) in [6, 6.07) is 14.4. The van der Waals surface area contributed by atoms with Gasteiger partial charge in [0.25, 0.3) is 0 Å². The lowest BCUT2D eigenvalue weighted by molar-refractivity contribution is -0.137. The fourth-order valence-corrected chi connectivity index (χ4v) is 2.06. The summed E-state index contributed by atoms with van der Waals surface area (Å²) in [5.41, 5.74) is 0.889. The number of benzene rings is 2. The lowest BCUT2D eigenvalue weighted by Crippen LogP contribution is -2.05. The zero-order valence-electron chi connectivity index (χ0n) is 12.0. The van der Waals surface area contributed by atoms with Gasteiger partial charge < -0.3 is 4.74 Å². The van der Waals surface area contributed by atoms with Crippen molar-refractivity contribution < 1.29 is 17.9 Å². The number of rotatable bonds is 4. The van der Waals surface area contributed by atoms with Gasteiger partial charge in [-0.1, -0.05) is 30.3 Å². The van der Waals surface area contributed by atoms with E-state index in [1.807, 2.05) is 30.3 Å². The molecule has 1 aromatic heterocycles. The maximum absolute atomic E-state index is 12.5. The predicted octanol–water partition coefficient (Wildman–Crippen LogP) is 4.47. The van der Waals surface area contributed by atoms with Gasteiger partial charge in [0.2, 0.25) is 0 Å². The van der Waals surface area contributed by atoms with Gasteiger partial charge in [-0.25, -0.2) is 4.68 Å². The first-order chi connectivity index (χ1) is 11.0. The predicted molar refractivity (Wildman–Crippen MR) is 79.3 cm³/mol. The lowest BCUT2D eigenvalue weighted by atomic mass is 10.1. The first-order valence-corrected chi connectivity index (χ1v) is 6.91. The summed E-state index contributed by atoms with van der Waals surface area (Å²) in [5, 5.41) is 4.19. The van der Waals surface area contributed by atoms with Gasteiger partial charge in [0.05, 0.1) is 23.6 Å². The van der Waals surface area contributed by atoms with E-state index in [0.29, 0.717) is 11.3 Å². The number of halogens is 3. The molecule has 0 spiro atoms. The third kappa shape index (κ3) is 3.71. The zero-order valence-corrected chi connectivity index (χ0v) is 12.0. The van der Waals surface area contributed by atoms with Crippen LogP contribution in [0.4, 0.5) is 13.2 Å². The Morgan fingerprint density at radius 2 is 1.65 bits per heavy atom. The molecule has 0 saturated carbocycles. The van der Waals surface area contributed by atoms with Crippen molar-refractivity contribution in [3.63, 3.8) is 0 Å². The standard InChI is InChI=1S/C17H13F3N2O/c18-17(19,20)14-8-6-13(7-9-14)12-23-16-10-21-22(11-16)15-4-2-1-3-5-15/h1-11H,12H2. The molecule has 0 radical (unpaired) electrons. The molecule has 6 heteroatoms. The summed E-state index contributed by atoms with van der Waals surface area (Å²) in [7, 11) is 0. The summed E-state index contributed by atoms with van der Waals surface area (Å²) in [6.07, 6.45) is -1.04. The Bertz CT molecular complexity index is 765. The number of alkyl halides is 3. The van der Waals surface area contributed by atoms with E-state index in [-0.39, 0.29) is 6.61 Å². The molecule has 0 amide bonds. The van der Waals surface area contributed by atoms with E-state index < -0.39 is 11.7 Å². The van der Waals surface area contributed by atoms with Crippen molar-refractivity contribution in [1.82, 2.24) is 9.78 Å². The highest BCUT2D eigenvalue weighted by Gasteiger charge is 2.29. The number of aromatic nitrogens is 2. The Morgan fingerprint density at radius 1 is 0.957 bits per heavy atom. The van der Waals surface area contributed by atoms with Crippen LogP contribution in [0.5, 0.6) is 5.75 Å². The van der Waals surface area contributed by atoms with Crippen LogP contribution < -0.4 is 4.74 Å². The topological polar surface area (TPSA) is 27.1 Å². The van der Waals surface area contributed by atoms with E-state index >= 15 is 0 Å². The van der Waals surface area contributed by atoms with E-state index in [4.69, 9.17) is 4.74 Å². The summed E-state index contributed by atoms with van der Waals surface area (Å²) in [6.45, 7) is 0.179. The number of nitrogens with zero attached hydrogens (tertiary/aromatic N) is 2. The van der Waals surface area contributed by atoms with E-state index in [0.717, 1.165) is 17.8 Å². The smallest absolute Gasteiger partial charge is 0.416 e. The van der Waals surface area contributed by atoms with Crippen LogP contribution >= 0.6 is 0 Å². The molecular formula is C17H13F3N2O. The molecule has 1 heterocycles. The number of para-hydroxylation sites is 1. The van der Waals surface area contributed by atoms with Gasteiger partial charge in [0, 0.05) is 0 Å². The van der Waals surface area contributed by atoms with Gasteiger partial charge in [-0.15, -0.1) is 0 Å². The highest BCUT2D eigenvalue weighted by Crippen LogP contribution is 2.29. The molecule has 0 fully saturated rings. The maximum atomic E-state index is 12.5. The largest absolute Gasteiger partial charge is 0.486 e. The second kappa shape index (κ2) is 6.16. The SMILES string of the molecule is FC(F)(F)c1ccc(COc2cnn(-c3ccccc3)c2)cc1. The number of ether oxygens (including phenoxy) is 1. The Balaban J connectivity index is 1.64. The lowest BCUT2D eigenvalue weighted by Gasteiger charge is -2.08. The van der Waals surface area contributed by atoms with E-state index in [1.165, 1.54) is 12.1 Å². The number of hydrogen-bond donors (Lipinski definition) is 0. The maximum Gasteiger partial charge on any atom is 0.416 e. The summed E-state index contributed by atoms with van der Waals surface area (Å²) in [5.74, 6) is 0.550. The highest BCUT2D eigenvalue weighted by atomic mass is 19.4. The van der Waals surface area contributed by atoms with Crippen LogP contribution in [0.25, 0.3) is 5.69 Å². The van der Waals surface area contributed by atoms with Crippen LogP contribution in [0.2, 0.25) is 0 Å². The summed E-state index contributed by atoms with van der Waals surface area (Å²) in [4.78, 5) is 0. The molecule has 118 valence electrons. The highest BCUT2D eigenvalue weighted by molar-refractivity contribution is 5.32. The van der Waals surface area contributed by atoms with Gasteiger partial charge in [-0.2, -0.15) is 18.3 Å². The monoisotopic (exact) mass is 318 g/mol. The van der Waals surface area contributed by atoms with Crippen molar-refractivity contribution in [2.24, 2.45) is 0 Å². The Morgan fingerprint density at radius 3 is 2.30 bits per heavy atom. The van der Waals surface area contributed by atoms with Crippen molar-refractivity contribution in [2.75, 3.05) is 0 Å². The van der Waals surface area contributed by atoms with Gasteiger partial charge in [0.15, 0.2) is 5.75 Å². The van der Waals surface area contributed by atoms with Crippen LogP contribution in [-0.2, 0) is 12.8 Å². The minimum Gasteiger partial charge on any atom is -0.486 e. The fourth-order valence-electron chi connectivity index (χ4n) is 2.06. The molecule has 0 aliphatic rings. The van der Waals surface area contributed by atoms with E-state index in [1.54, 1.807) is 17.1 Å². The van der Waals surface area contributed by atoms with E-state index in [2.05, 4.69) is 5.10 Å². The van der Waals surface area contributed by atoms with Crippen LogP contribution in [-0.4, -0.2) is 9.78 Å². The van der Waals surface area contributed by atoms with Gasteiger partial charge in [0.1, 0.15) is 6.61 Å². The molecule has 0 bridgehead atoms. The zero-order chi connectivity index (χ0) is 16.3. The van der Waals surface area contributed by atoms with Crippen LogP contribution in [0.15, 0.2) is 67.0 Å². The Kier molecular flexibility index (Phi) is 4.06. The second-order valence-corrected chi connectivity index (χ2v) is 4.94. The molecule has 0 aliphatic carbocycles. The molecule has 0 unspecified atom stereocenters. The first-order valence-electron chi connectivity index (χ1n) is 6.91. The first kappa shape index (κ1) is 15.1.